The zero-order valence-corrected chi connectivity index (χ0v) is 15.1. The number of ether oxygens (including phenoxy) is 3. The highest BCUT2D eigenvalue weighted by molar-refractivity contribution is 6.04. The van der Waals surface area contributed by atoms with Crippen molar-refractivity contribution in [3.63, 3.8) is 0 Å². The van der Waals surface area contributed by atoms with Crippen molar-refractivity contribution in [2.75, 3.05) is 26.6 Å². The van der Waals surface area contributed by atoms with Crippen LogP contribution in [-0.4, -0.2) is 39.2 Å². The Balaban J connectivity index is 2.24. The first-order chi connectivity index (χ1) is 13.0. The van der Waals surface area contributed by atoms with Crippen molar-refractivity contribution in [3.05, 3.63) is 65.2 Å². The quantitative estimate of drug-likeness (QED) is 0.622. The SMILES string of the molecule is COC(=O)c1cc(NC(=O)/C=C/c2ccccc2OC)cc(C(=O)OC)c1. The predicted molar refractivity (Wildman–Crippen MR) is 99.8 cm³/mol. The van der Waals surface area contributed by atoms with E-state index in [1.807, 2.05) is 12.1 Å². The maximum atomic E-state index is 12.2. The molecule has 0 heterocycles. The molecule has 0 aliphatic carbocycles. The second-order valence-electron chi connectivity index (χ2n) is 5.35. The van der Waals surface area contributed by atoms with E-state index in [1.54, 1.807) is 25.3 Å². The number of methoxy groups -OCH3 is 3. The Hall–Kier alpha value is -3.61. The van der Waals surface area contributed by atoms with Crippen LogP contribution in [0, 0.1) is 0 Å². The van der Waals surface area contributed by atoms with Gasteiger partial charge in [0.25, 0.3) is 0 Å². The second kappa shape index (κ2) is 9.19. The molecule has 2 aromatic rings. The van der Waals surface area contributed by atoms with E-state index in [-0.39, 0.29) is 16.8 Å². The van der Waals surface area contributed by atoms with Crippen molar-refractivity contribution in [3.8, 4) is 5.75 Å². The summed E-state index contributed by atoms with van der Waals surface area (Å²) in [5.41, 5.74) is 1.22. The average Bonchev–Trinajstić information content (AvgIpc) is 2.70. The summed E-state index contributed by atoms with van der Waals surface area (Å²) in [6.07, 6.45) is 2.92. The number of hydrogen-bond acceptors (Lipinski definition) is 6. The minimum Gasteiger partial charge on any atom is -0.496 e. The molecular weight excluding hydrogens is 350 g/mol. The molecule has 2 rings (SSSR count). The van der Waals surface area contributed by atoms with Crippen LogP contribution in [0.5, 0.6) is 5.75 Å². The molecule has 140 valence electrons. The molecule has 1 amide bonds. The smallest absolute Gasteiger partial charge is 0.337 e. The van der Waals surface area contributed by atoms with E-state index in [2.05, 4.69) is 14.8 Å². The van der Waals surface area contributed by atoms with E-state index in [1.165, 1.54) is 38.5 Å². The number of benzene rings is 2. The molecule has 0 aromatic heterocycles. The molecule has 7 heteroatoms. The number of anilines is 1. The van der Waals surface area contributed by atoms with Gasteiger partial charge in [-0.25, -0.2) is 9.59 Å². The van der Waals surface area contributed by atoms with E-state index in [9.17, 15) is 14.4 Å². The van der Waals surface area contributed by atoms with E-state index in [0.29, 0.717) is 5.75 Å². The Kier molecular flexibility index (Phi) is 6.71. The lowest BCUT2D eigenvalue weighted by molar-refractivity contribution is -0.111. The monoisotopic (exact) mass is 369 g/mol. The zero-order chi connectivity index (χ0) is 19.8. The number of esters is 2. The number of nitrogens with one attached hydrogen (secondary N) is 1. The number of amides is 1. The summed E-state index contributed by atoms with van der Waals surface area (Å²) < 4.78 is 14.5. The maximum absolute atomic E-state index is 12.2. The molecule has 0 bridgehead atoms. The molecule has 0 saturated carbocycles. The van der Waals surface area contributed by atoms with E-state index >= 15 is 0 Å². The molecule has 27 heavy (non-hydrogen) atoms. The Morgan fingerprint density at radius 3 is 2.04 bits per heavy atom. The molecule has 0 saturated heterocycles. The third kappa shape index (κ3) is 5.18. The van der Waals surface area contributed by atoms with Crippen molar-refractivity contribution in [2.24, 2.45) is 0 Å². The van der Waals surface area contributed by atoms with Gasteiger partial charge >= 0.3 is 11.9 Å². The standard InChI is InChI=1S/C20H19NO6/c1-25-17-7-5-4-6-13(17)8-9-18(22)21-16-11-14(19(23)26-2)10-15(12-16)20(24)27-3/h4-12H,1-3H3,(H,21,22)/b9-8+. The van der Waals surface area contributed by atoms with Gasteiger partial charge in [-0.15, -0.1) is 0 Å². The fourth-order valence-electron chi connectivity index (χ4n) is 2.32. The molecule has 1 N–H and O–H groups in total. The molecule has 0 aliphatic rings. The Morgan fingerprint density at radius 2 is 1.48 bits per heavy atom. The van der Waals surface area contributed by atoms with Crippen molar-refractivity contribution in [1.29, 1.82) is 0 Å². The van der Waals surface area contributed by atoms with Gasteiger partial charge in [0.2, 0.25) is 5.91 Å². The van der Waals surface area contributed by atoms with Crippen LogP contribution in [0.15, 0.2) is 48.5 Å². The lowest BCUT2D eigenvalue weighted by Crippen LogP contribution is -2.12. The summed E-state index contributed by atoms with van der Waals surface area (Å²) in [7, 11) is 3.99. The Bertz CT molecular complexity index is 854. The van der Waals surface area contributed by atoms with Crippen LogP contribution in [0.4, 0.5) is 5.69 Å². The second-order valence-corrected chi connectivity index (χ2v) is 5.35. The van der Waals surface area contributed by atoms with Gasteiger partial charge in [0.05, 0.1) is 32.5 Å². The van der Waals surface area contributed by atoms with Crippen LogP contribution in [0.1, 0.15) is 26.3 Å². The Morgan fingerprint density at radius 1 is 0.889 bits per heavy atom. The number of rotatable bonds is 6. The summed E-state index contributed by atoms with van der Waals surface area (Å²) in [6.45, 7) is 0. The summed E-state index contributed by atoms with van der Waals surface area (Å²) >= 11 is 0. The molecule has 2 aromatic carbocycles. The van der Waals surface area contributed by atoms with Crippen LogP contribution >= 0.6 is 0 Å². The molecule has 0 aliphatic heterocycles. The molecule has 0 unspecified atom stereocenters. The fraction of sp³-hybridized carbons (Fsp3) is 0.150. The van der Waals surface area contributed by atoms with Gasteiger partial charge in [0, 0.05) is 17.3 Å². The molecular formula is C20H19NO6. The largest absolute Gasteiger partial charge is 0.496 e. The minimum absolute atomic E-state index is 0.115. The van der Waals surface area contributed by atoms with E-state index in [0.717, 1.165) is 5.56 Å². The van der Waals surface area contributed by atoms with Crippen molar-refractivity contribution >= 4 is 29.6 Å². The van der Waals surface area contributed by atoms with Gasteiger partial charge in [-0.2, -0.15) is 0 Å². The maximum Gasteiger partial charge on any atom is 0.337 e. The number of carbonyl (C=O) groups excluding carboxylic acids is 3. The van der Waals surface area contributed by atoms with Crippen LogP contribution < -0.4 is 10.1 Å². The molecule has 7 nitrogen and oxygen atoms in total. The lowest BCUT2D eigenvalue weighted by atomic mass is 10.1. The Labute approximate surface area is 156 Å². The van der Waals surface area contributed by atoms with Crippen LogP contribution in [0.3, 0.4) is 0 Å². The summed E-state index contributed by atoms with van der Waals surface area (Å²) in [5, 5.41) is 2.61. The third-order valence-electron chi connectivity index (χ3n) is 3.60. The fourth-order valence-corrected chi connectivity index (χ4v) is 2.32. The first-order valence-corrected chi connectivity index (χ1v) is 7.92. The van der Waals surface area contributed by atoms with Gasteiger partial charge in [0.1, 0.15) is 5.75 Å². The van der Waals surface area contributed by atoms with Crippen LogP contribution in [-0.2, 0) is 14.3 Å². The number of carbonyl (C=O) groups is 3. The van der Waals surface area contributed by atoms with Gasteiger partial charge in [-0.1, -0.05) is 18.2 Å². The van der Waals surface area contributed by atoms with Gasteiger partial charge in [-0.05, 0) is 30.3 Å². The predicted octanol–water partition coefficient (Wildman–Crippen LogP) is 2.92. The van der Waals surface area contributed by atoms with Crippen molar-refractivity contribution in [2.45, 2.75) is 0 Å². The van der Waals surface area contributed by atoms with E-state index in [4.69, 9.17) is 4.74 Å². The minimum atomic E-state index is -0.638. The normalized spacial score (nSPS) is 10.3. The first-order valence-electron chi connectivity index (χ1n) is 7.92. The lowest BCUT2D eigenvalue weighted by Gasteiger charge is -2.08. The highest BCUT2D eigenvalue weighted by Gasteiger charge is 2.14. The summed E-state index contributed by atoms with van der Waals surface area (Å²) in [6, 6.07) is 11.4. The molecule has 0 atom stereocenters. The number of hydrogen-bond donors (Lipinski definition) is 1. The summed E-state index contributed by atoms with van der Waals surface area (Å²) in [5.74, 6) is -1.09. The van der Waals surface area contributed by atoms with Gasteiger partial charge in [0.15, 0.2) is 0 Å². The number of para-hydroxylation sites is 1. The van der Waals surface area contributed by atoms with Crippen LogP contribution in [0.25, 0.3) is 6.08 Å². The first kappa shape index (κ1) is 19.7. The molecule has 0 spiro atoms. The average molecular weight is 369 g/mol. The topological polar surface area (TPSA) is 90.9 Å². The van der Waals surface area contributed by atoms with E-state index < -0.39 is 17.8 Å². The van der Waals surface area contributed by atoms with Crippen LogP contribution in [0.2, 0.25) is 0 Å². The third-order valence-corrected chi connectivity index (χ3v) is 3.60. The highest BCUT2D eigenvalue weighted by atomic mass is 16.5. The molecule has 0 fully saturated rings. The van der Waals surface area contributed by atoms with Crippen molar-refractivity contribution < 1.29 is 28.6 Å². The van der Waals surface area contributed by atoms with Gasteiger partial charge in [-0.3, -0.25) is 4.79 Å². The van der Waals surface area contributed by atoms with Gasteiger partial charge < -0.3 is 19.5 Å². The van der Waals surface area contributed by atoms with Crippen molar-refractivity contribution in [1.82, 2.24) is 0 Å². The zero-order valence-electron chi connectivity index (χ0n) is 15.1. The summed E-state index contributed by atoms with van der Waals surface area (Å²) in [4.78, 5) is 35.8. The molecule has 0 radical (unpaired) electrons. The highest BCUT2D eigenvalue weighted by Crippen LogP contribution is 2.20.